The Morgan fingerprint density at radius 1 is 1.08 bits per heavy atom. The number of halogens is 1. The summed E-state index contributed by atoms with van der Waals surface area (Å²) >= 11 is 6.16. The first-order valence-corrected chi connectivity index (χ1v) is 13.2. The number of rotatable bonds is 6. The SMILES string of the molecule is Cc1c(Cl)cccc1S(=O)(=O)Nc1nc2c(nc1OCc1ccc3c(c1)OCCN3C)OCCN2C. The Morgan fingerprint density at radius 3 is 2.69 bits per heavy atom. The molecule has 0 atom stereocenters. The largest absolute Gasteiger partial charge is 0.490 e. The van der Waals surface area contributed by atoms with Crippen LogP contribution in [0.15, 0.2) is 41.3 Å². The van der Waals surface area contributed by atoms with Crippen LogP contribution in [0.5, 0.6) is 17.5 Å². The third kappa shape index (κ3) is 4.68. The minimum Gasteiger partial charge on any atom is -0.490 e. The Bertz CT molecular complexity index is 1420. The quantitative estimate of drug-likeness (QED) is 0.511. The summed E-state index contributed by atoms with van der Waals surface area (Å²) in [7, 11) is -0.191. The van der Waals surface area contributed by atoms with Crippen molar-refractivity contribution < 1.29 is 22.6 Å². The van der Waals surface area contributed by atoms with Gasteiger partial charge in [0.15, 0.2) is 5.82 Å². The van der Waals surface area contributed by atoms with Gasteiger partial charge in [0.2, 0.25) is 5.82 Å². The number of sulfonamides is 1. The predicted molar refractivity (Wildman–Crippen MR) is 137 cm³/mol. The van der Waals surface area contributed by atoms with Crippen molar-refractivity contribution in [3.8, 4) is 17.5 Å². The summed E-state index contributed by atoms with van der Waals surface area (Å²) in [5, 5.41) is 0.347. The summed E-state index contributed by atoms with van der Waals surface area (Å²) in [6.07, 6.45) is 0. The van der Waals surface area contributed by atoms with E-state index in [4.69, 9.17) is 25.8 Å². The first-order valence-electron chi connectivity index (χ1n) is 11.4. The van der Waals surface area contributed by atoms with E-state index in [0.717, 1.165) is 23.5 Å². The second kappa shape index (κ2) is 9.55. The normalized spacial score (nSPS) is 14.9. The molecule has 2 aliphatic heterocycles. The molecule has 0 fully saturated rings. The number of nitrogens with one attached hydrogen (secondary N) is 1. The Labute approximate surface area is 214 Å². The van der Waals surface area contributed by atoms with E-state index >= 15 is 0 Å². The fourth-order valence-electron chi connectivity index (χ4n) is 4.00. The lowest BCUT2D eigenvalue weighted by atomic mass is 10.1. The minimum absolute atomic E-state index is 0.00284. The Kier molecular flexibility index (Phi) is 6.44. The third-order valence-electron chi connectivity index (χ3n) is 6.08. The van der Waals surface area contributed by atoms with E-state index in [2.05, 4.69) is 19.6 Å². The molecule has 0 bridgehead atoms. The van der Waals surface area contributed by atoms with Gasteiger partial charge in [-0.15, -0.1) is 0 Å². The summed E-state index contributed by atoms with van der Waals surface area (Å²) in [4.78, 5) is 13.0. The zero-order valence-corrected chi connectivity index (χ0v) is 21.7. The first-order chi connectivity index (χ1) is 17.2. The standard InChI is InChI=1S/C24H26ClN5O5S/c1-15-17(25)5-4-6-20(15)36(31,32)28-21-23(27-24-22(26-21)30(3)10-12-34-24)35-14-16-7-8-18-19(13-16)33-11-9-29(18)2/h4-8,13H,9-12,14H2,1-3H3,(H,26,28). The fraction of sp³-hybridized carbons (Fsp3) is 0.333. The average Bonchev–Trinajstić information content (AvgIpc) is 2.85. The van der Waals surface area contributed by atoms with Gasteiger partial charge in [0, 0.05) is 19.1 Å². The smallest absolute Gasteiger partial charge is 0.263 e. The lowest BCUT2D eigenvalue weighted by Gasteiger charge is -2.28. The summed E-state index contributed by atoms with van der Waals surface area (Å²) in [6, 6.07) is 10.5. The van der Waals surface area contributed by atoms with Crippen LogP contribution in [0, 0.1) is 6.92 Å². The molecule has 0 spiro atoms. The van der Waals surface area contributed by atoms with Gasteiger partial charge in [0.05, 0.1) is 23.7 Å². The van der Waals surface area contributed by atoms with Crippen LogP contribution >= 0.6 is 11.6 Å². The molecule has 0 aliphatic carbocycles. The number of likely N-dealkylation sites (N-methyl/N-ethyl adjacent to an activating group) is 2. The van der Waals surface area contributed by atoms with Gasteiger partial charge in [-0.25, -0.2) is 13.4 Å². The third-order valence-corrected chi connectivity index (χ3v) is 7.97. The Morgan fingerprint density at radius 2 is 1.86 bits per heavy atom. The molecule has 1 aromatic heterocycles. The number of aromatic nitrogens is 2. The van der Waals surface area contributed by atoms with Gasteiger partial charge in [0.1, 0.15) is 25.6 Å². The van der Waals surface area contributed by atoms with Crippen molar-refractivity contribution in [3.05, 3.63) is 52.5 Å². The molecule has 36 heavy (non-hydrogen) atoms. The van der Waals surface area contributed by atoms with Crippen molar-refractivity contribution >= 4 is 38.9 Å². The van der Waals surface area contributed by atoms with Crippen LogP contribution in [-0.4, -0.2) is 58.8 Å². The van der Waals surface area contributed by atoms with E-state index in [-0.39, 0.29) is 29.1 Å². The van der Waals surface area contributed by atoms with Gasteiger partial charge in [0.25, 0.3) is 21.8 Å². The lowest BCUT2D eigenvalue weighted by Crippen LogP contribution is -2.31. The van der Waals surface area contributed by atoms with Gasteiger partial charge in [-0.1, -0.05) is 23.7 Å². The highest BCUT2D eigenvalue weighted by molar-refractivity contribution is 7.92. The van der Waals surface area contributed by atoms with Crippen LogP contribution in [0.4, 0.5) is 17.3 Å². The van der Waals surface area contributed by atoms with Gasteiger partial charge in [-0.05, 0) is 42.3 Å². The molecule has 190 valence electrons. The van der Waals surface area contributed by atoms with Crippen molar-refractivity contribution in [1.82, 2.24) is 9.97 Å². The molecule has 0 radical (unpaired) electrons. The fourth-order valence-corrected chi connectivity index (χ4v) is 5.50. The number of hydrogen-bond acceptors (Lipinski definition) is 9. The van der Waals surface area contributed by atoms with E-state index in [1.54, 1.807) is 19.1 Å². The van der Waals surface area contributed by atoms with Gasteiger partial charge >= 0.3 is 0 Å². The molecule has 5 rings (SSSR count). The molecular weight excluding hydrogens is 506 g/mol. The number of nitrogens with zero attached hydrogens (tertiary/aromatic N) is 4. The zero-order valence-electron chi connectivity index (χ0n) is 20.1. The van der Waals surface area contributed by atoms with Crippen LogP contribution < -0.4 is 28.7 Å². The topological polar surface area (TPSA) is 106 Å². The first kappa shape index (κ1) is 24.3. The van der Waals surface area contributed by atoms with E-state index in [1.165, 1.54) is 6.07 Å². The molecule has 10 nitrogen and oxygen atoms in total. The molecule has 0 saturated heterocycles. The Balaban J connectivity index is 1.47. The summed E-state index contributed by atoms with van der Waals surface area (Å²) in [6.45, 7) is 4.20. The maximum Gasteiger partial charge on any atom is 0.263 e. The number of benzene rings is 2. The van der Waals surface area contributed by atoms with Crippen molar-refractivity contribution in [2.24, 2.45) is 0 Å². The maximum atomic E-state index is 13.3. The molecule has 0 amide bonds. The highest BCUT2D eigenvalue weighted by atomic mass is 35.5. The molecule has 0 unspecified atom stereocenters. The van der Waals surface area contributed by atoms with E-state index < -0.39 is 10.0 Å². The molecule has 0 saturated carbocycles. The van der Waals surface area contributed by atoms with Crippen LogP contribution in [0.25, 0.3) is 0 Å². The van der Waals surface area contributed by atoms with E-state index in [0.29, 0.717) is 36.2 Å². The van der Waals surface area contributed by atoms with Crippen molar-refractivity contribution in [1.29, 1.82) is 0 Å². The molecule has 3 aromatic rings. The number of hydrogen-bond donors (Lipinski definition) is 1. The van der Waals surface area contributed by atoms with Gasteiger partial charge < -0.3 is 24.0 Å². The highest BCUT2D eigenvalue weighted by Crippen LogP contribution is 2.36. The zero-order chi connectivity index (χ0) is 25.4. The highest BCUT2D eigenvalue weighted by Gasteiger charge is 2.27. The molecule has 3 heterocycles. The van der Waals surface area contributed by atoms with Crippen molar-refractivity contribution in [2.45, 2.75) is 18.4 Å². The Hall–Kier alpha value is -3.44. The second-order valence-electron chi connectivity index (χ2n) is 8.61. The monoisotopic (exact) mass is 531 g/mol. The van der Waals surface area contributed by atoms with Crippen LogP contribution in [0.3, 0.4) is 0 Å². The summed E-state index contributed by atoms with van der Waals surface area (Å²) < 4.78 is 46.5. The van der Waals surface area contributed by atoms with Gasteiger partial charge in [-0.3, -0.25) is 4.72 Å². The van der Waals surface area contributed by atoms with Gasteiger partial charge in [-0.2, -0.15) is 4.98 Å². The van der Waals surface area contributed by atoms with Crippen LogP contribution in [0.2, 0.25) is 5.02 Å². The minimum atomic E-state index is -4.04. The average molecular weight is 532 g/mol. The lowest BCUT2D eigenvalue weighted by molar-refractivity contribution is 0.267. The molecule has 1 N–H and O–H groups in total. The van der Waals surface area contributed by atoms with Crippen molar-refractivity contribution in [2.75, 3.05) is 54.9 Å². The molecular formula is C24H26ClN5O5S. The molecule has 12 heteroatoms. The number of ether oxygens (including phenoxy) is 3. The number of anilines is 3. The van der Waals surface area contributed by atoms with Crippen LogP contribution in [-0.2, 0) is 16.6 Å². The number of fused-ring (bicyclic) bond motifs is 2. The predicted octanol–water partition coefficient (Wildman–Crippen LogP) is 3.48. The molecule has 2 aliphatic rings. The van der Waals surface area contributed by atoms with E-state index in [1.807, 2.05) is 37.2 Å². The van der Waals surface area contributed by atoms with Crippen molar-refractivity contribution in [3.63, 3.8) is 0 Å². The van der Waals surface area contributed by atoms with E-state index in [9.17, 15) is 8.42 Å². The second-order valence-corrected chi connectivity index (χ2v) is 10.7. The summed E-state index contributed by atoms with van der Waals surface area (Å²) in [5.41, 5.74) is 2.26. The summed E-state index contributed by atoms with van der Waals surface area (Å²) in [5.74, 6) is 1.42. The maximum absolute atomic E-state index is 13.3. The van der Waals surface area contributed by atoms with Crippen LogP contribution in [0.1, 0.15) is 11.1 Å². The molecule has 2 aromatic carbocycles.